The van der Waals surface area contributed by atoms with Gasteiger partial charge in [-0.2, -0.15) is 0 Å². The van der Waals surface area contributed by atoms with Gasteiger partial charge in [0.15, 0.2) is 0 Å². The minimum Gasteiger partial charge on any atom is -0.264 e. The van der Waals surface area contributed by atoms with Crippen LogP contribution in [0.3, 0.4) is 0 Å². The summed E-state index contributed by atoms with van der Waals surface area (Å²) < 4.78 is 0. The predicted molar refractivity (Wildman–Crippen MR) is 44.5 cm³/mol. The van der Waals surface area contributed by atoms with Crippen molar-refractivity contribution in [1.82, 2.24) is 0 Å². The van der Waals surface area contributed by atoms with Gasteiger partial charge in [0.2, 0.25) is 6.04 Å². The molecule has 1 unspecified atom stereocenters. The summed E-state index contributed by atoms with van der Waals surface area (Å²) in [6.45, 7) is 1.62. The van der Waals surface area contributed by atoms with Crippen LogP contribution in [0.2, 0.25) is 0 Å². The average molecular weight is 171 g/mol. The molecule has 0 amide bonds. The number of thiophene rings is 1. The van der Waals surface area contributed by atoms with Gasteiger partial charge in [-0.15, -0.1) is 11.3 Å². The number of rotatable bonds is 3. The predicted octanol–water partition coefficient (Wildman–Crippen LogP) is 1.96. The third-order valence-corrected chi connectivity index (χ3v) is 2.34. The zero-order chi connectivity index (χ0) is 8.27. The highest BCUT2D eigenvalue weighted by atomic mass is 32.1. The Morgan fingerprint density at radius 3 is 3.00 bits per heavy atom. The summed E-state index contributed by atoms with van der Waals surface area (Å²) in [5.74, 6) is 0. The SMILES string of the molecule is CC(Cc1cccs1)[N+](=O)[O-]. The molecule has 60 valence electrons. The van der Waals surface area contributed by atoms with E-state index in [4.69, 9.17) is 0 Å². The highest BCUT2D eigenvalue weighted by molar-refractivity contribution is 7.09. The molecule has 0 saturated heterocycles. The van der Waals surface area contributed by atoms with Gasteiger partial charge in [0.1, 0.15) is 0 Å². The largest absolute Gasteiger partial charge is 0.264 e. The lowest BCUT2D eigenvalue weighted by Gasteiger charge is -1.99. The fourth-order valence-electron chi connectivity index (χ4n) is 0.794. The van der Waals surface area contributed by atoms with Gasteiger partial charge < -0.3 is 0 Å². The molecule has 0 aliphatic carbocycles. The monoisotopic (exact) mass is 171 g/mol. The van der Waals surface area contributed by atoms with Crippen LogP contribution in [-0.4, -0.2) is 11.0 Å². The number of nitro groups is 1. The van der Waals surface area contributed by atoms with E-state index in [0.717, 1.165) is 4.88 Å². The Kier molecular flexibility index (Phi) is 2.59. The standard InChI is InChI=1S/C7H9NO2S/c1-6(8(9)10)5-7-3-2-4-11-7/h2-4,6H,5H2,1H3. The van der Waals surface area contributed by atoms with E-state index in [0.29, 0.717) is 6.42 Å². The molecule has 1 aromatic rings. The summed E-state index contributed by atoms with van der Waals surface area (Å²) in [5.41, 5.74) is 0. The molecule has 0 fully saturated rings. The molecule has 0 spiro atoms. The van der Waals surface area contributed by atoms with Gasteiger partial charge in [-0.25, -0.2) is 0 Å². The van der Waals surface area contributed by atoms with Crippen molar-refractivity contribution in [3.8, 4) is 0 Å². The second-order valence-corrected chi connectivity index (χ2v) is 3.45. The molecule has 4 heteroatoms. The third-order valence-electron chi connectivity index (χ3n) is 1.44. The van der Waals surface area contributed by atoms with Crippen molar-refractivity contribution in [2.75, 3.05) is 0 Å². The van der Waals surface area contributed by atoms with Gasteiger partial charge in [0.05, 0.1) is 0 Å². The minimum atomic E-state index is -0.464. The maximum absolute atomic E-state index is 10.2. The molecule has 1 rings (SSSR count). The fourth-order valence-corrected chi connectivity index (χ4v) is 1.62. The Hall–Kier alpha value is -0.900. The fraction of sp³-hybridized carbons (Fsp3) is 0.429. The summed E-state index contributed by atoms with van der Waals surface area (Å²) in [4.78, 5) is 11.1. The first-order chi connectivity index (χ1) is 5.20. The van der Waals surface area contributed by atoms with Gasteiger partial charge in [-0.05, 0) is 11.4 Å². The van der Waals surface area contributed by atoms with E-state index in [2.05, 4.69) is 0 Å². The molecule has 0 aromatic carbocycles. The van der Waals surface area contributed by atoms with E-state index < -0.39 is 6.04 Å². The third kappa shape index (κ3) is 2.31. The molecule has 0 aliphatic heterocycles. The Morgan fingerprint density at radius 2 is 2.55 bits per heavy atom. The van der Waals surface area contributed by atoms with E-state index in [-0.39, 0.29) is 4.92 Å². The topological polar surface area (TPSA) is 43.1 Å². The second-order valence-electron chi connectivity index (χ2n) is 2.42. The van der Waals surface area contributed by atoms with E-state index >= 15 is 0 Å². The Bertz CT molecular complexity index is 233. The first-order valence-corrected chi connectivity index (χ1v) is 4.24. The van der Waals surface area contributed by atoms with Crippen molar-refractivity contribution < 1.29 is 4.92 Å². The van der Waals surface area contributed by atoms with Crippen LogP contribution >= 0.6 is 11.3 Å². The van der Waals surface area contributed by atoms with Crippen LogP contribution in [0.1, 0.15) is 11.8 Å². The molecule has 3 nitrogen and oxygen atoms in total. The van der Waals surface area contributed by atoms with Crippen LogP contribution in [0.25, 0.3) is 0 Å². The van der Waals surface area contributed by atoms with Crippen molar-refractivity contribution in [3.05, 3.63) is 32.5 Å². The molecular weight excluding hydrogens is 162 g/mol. The van der Waals surface area contributed by atoms with Crippen LogP contribution < -0.4 is 0 Å². The quantitative estimate of drug-likeness (QED) is 0.515. The van der Waals surface area contributed by atoms with Crippen molar-refractivity contribution in [3.63, 3.8) is 0 Å². The van der Waals surface area contributed by atoms with Gasteiger partial charge in [0.25, 0.3) is 0 Å². The summed E-state index contributed by atoms with van der Waals surface area (Å²) in [6.07, 6.45) is 0.546. The highest BCUT2D eigenvalue weighted by Crippen LogP contribution is 2.11. The van der Waals surface area contributed by atoms with Gasteiger partial charge >= 0.3 is 0 Å². The van der Waals surface area contributed by atoms with Crippen LogP contribution in [0.4, 0.5) is 0 Å². The van der Waals surface area contributed by atoms with E-state index in [1.807, 2.05) is 17.5 Å². The molecule has 0 saturated carbocycles. The normalized spacial score (nSPS) is 12.8. The first kappa shape index (κ1) is 8.20. The van der Waals surface area contributed by atoms with Crippen molar-refractivity contribution >= 4 is 11.3 Å². The number of hydrogen-bond donors (Lipinski definition) is 0. The number of hydrogen-bond acceptors (Lipinski definition) is 3. The minimum absolute atomic E-state index is 0.250. The maximum atomic E-state index is 10.2. The summed E-state index contributed by atoms with van der Waals surface area (Å²) in [7, 11) is 0. The van der Waals surface area contributed by atoms with Crippen LogP contribution in [0, 0.1) is 10.1 Å². The maximum Gasteiger partial charge on any atom is 0.215 e. The molecule has 1 heterocycles. The van der Waals surface area contributed by atoms with Crippen molar-refractivity contribution in [2.45, 2.75) is 19.4 Å². The molecule has 1 aromatic heterocycles. The number of nitrogens with zero attached hydrogens (tertiary/aromatic N) is 1. The molecular formula is C7H9NO2S. The molecule has 0 bridgehead atoms. The van der Waals surface area contributed by atoms with E-state index in [1.54, 1.807) is 18.3 Å². The summed E-state index contributed by atoms with van der Waals surface area (Å²) >= 11 is 1.56. The van der Waals surface area contributed by atoms with Crippen LogP contribution in [0.15, 0.2) is 17.5 Å². The molecule has 0 aliphatic rings. The van der Waals surface area contributed by atoms with Crippen molar-refractivity contribution in [2.24, 2.45) is 0 Å². The van der Waals surface area contributed by atoms with E-state index in [9.17, 15) is 10.1 Å². The summed E-state index contributed by atoms with van der Waals surface area (Å²) in [6, 6.07) is 3.37. The Morgan fingerprint density at radius 1 is 1.82 bits per heavy atom. The van der Waals surface area contributed by atoms with Crippen molar-refractivity contribution in [1.29, 1.82) is 0 Å². The average Bonchev–Trinajstić information content (AvgIpc) is 2.39. The lowest BCUT2D eigenvalue weighted by molar-refractivity contribution is -0.517. The zero-order valence-electron chi connectivity index (χ0n) is 6.19. The summed E-state index contributed by atoms with van der Waals surface area (Å²) in [5, 5.41) is 12.2. The zero-order valence-corrected chi connectivity index (χ0v) is 7.00. The Labute approximate surface area is 68.8 Å². The van der Waals surface area contributed by atoms with Gasteiger partial charge in [0, 0.05) is 23.1 Å². The molecule has 1 atom stereocenters. The van der Waals surface area contributed by atoms with Crippen LogP contribution in [-0.2, 0) is 6.42 Å². The highest BCUT2D eigenvalue weighted by Gasteiger charge is 2.13. The smallest absolute Gasteiger partial charge is 0.215 e. The second kappa shape index (κ2) is 3.48. The lowest BCUT2D eigenvalue weighted by Crippen LogP contribution is -2.16. The molecule has 11 heavy (non-hydrogen) atoms. The Balaban J connectivity index is 2.50. The van der Waals surface area contributed by atoms with E-state index in [1.165, 1.54) is 0 Å². The van der Waals surface area contributed by atoms with Gasteiger partial charge in [-0.3, -0.25) is 10.1 Å². The lowest BCUT2D eigenvalue weighted by atomic mass is 10.2. The molecule has 0 radical (unpaired) electrons. The van der Waals surface area contributed by atoms with Gasteiger partial charge in [-0.1, -0.05) is 6.07 Å². The first-order valence-electron chi connectivity index (χ1n) is 3.36. The molecule has 0 N–H and O–H groups in total. The van der Waals surface area contributed by atoms with Crippen LogP contribution in [0.5, 0.6) is 0 Å².